The lowest BCUT2D eigenvalue weighted by atomic mass is 9.99. The third-order valence-corrected chi connectivity index (χ3v) is 6.15. The van der Waals surface area contributed by atoms with Gasteiger partial charge in [0.1, 0.15) is 11.2 Å². The summed E-state index contributed by atoms with van der Waals surface area (Å²) in [4.78, 5) is 0. The summed E-state index contributed by atoms with van der Waals surface area (Å²) in [6.07, 6.45) is 7.26. The molecule has 0 unspecified atom stereocenters. The molecule has 0 saturated heterocycles. The Hall–Kier alpha value is -2.80. The van der Waals surface area contributed by atoms with Crippen LogP contribution in [0.1, 0.15) is 50.7 Å². The molecule has 146 valence electrons. The molecule has 0 N–H and O–H groups in total. The standard InChI is InChI=1S/C28H28O/c1-3-5-7-19-9-11-21-17-27-25(15-23(21)13-19)26-16-24-14-20(8-6-4-2)10-12-22(24)18-28(26)29-27/h9-18H,3-8H2,1-2H3. The van der Waals surface area contributed by atoms with Crippen LogP contribution in [0.5, 0.6) is 0 Å². The summed E-state index contributed by atoms with van der Waals surface area (Å²) in [5, 5.41) is 7.57. The first-order valence-corrected chi connectivity index (χ1v) is 11.1. The summed E-state index contributed by atoms with van der Waals surface area (Å²) < 4.78 is 6.26. The highest BCUT2D eigenvalue weighted by Gasteiger charge is 2.10. The predicted octanol–water partition coefficient (Wildman–Crippen LogP) is 8.58. The maximum Gasteiger partial charge on any atom is 0.136 e. The Morgan fingerprint density at radius 2 is 1.03 bits per heavy atom. The monoisotopic (exact) mass is 380 g/mol. The SMILES string of the molecule is CCCCc1ccc2cc3oc4cc5ccc(CCCC)cc5cc4c3cc2c1. The molecule has 0 aliphatic carbocycles. The Morgan fingerprint density at radius 3 is 1.48 bits per heavy atom. The van der Waals surface area contributed by atoms with Crippen molar-refractivity contribution in [2.24, 2.45) is 0 Å². The van der Waals surface area contributed by atoms with E-state index in [4.69, 9.17) is 4.42 Å². The van der Waals surface area contributed by atoms with Crippen molar-refractivity contribution in [3.63, 3.8) is 0 Å². The highest BCUT2D eigenvalue weighted by atomic mass is 16.3. The van der Waals surface area contributed by atoms with Gasteiger partial charge in [-0.25, -0.2) is 0 Å². The van der Waals surface area contributed by atoms with Gasteiger partial charge in [-0.05, 0) is 82.6 Å². The highest BCUT2D eigenvalue weighted by molar-refractivity contribution is 6.13. The fourth-order valence-corrected chi connectivity index (χ4v) is 4.43. The van der Waals surface area contributed by atoms with Crippen molar-refractivity contribution in [3.05, 3.63) is 71.8 Å². The van der Waals surface area contributed by atoms with Crippen LogP contribution >= 0.6 is 0 Å². The molecule has 5 aromatic rings. The highest BCUT2D eigenvalue weighted by Crippen LogP contribution is 2.35. The lowest BCUT2D eigenvalue weighted by Crippen LogP contribution is -1.85. The number of unbranched alkanes of at least 4 members (excludes halogenated alkanes) is 2. The fourth-order valence-electron chi connectivity index (χ4n) is 4.43. The molecule has 0 spiro atoms. The van der Waals surface area contributed by atoms with E-state index in [1.54, 1.807) is 0 Å². The number of fused-ring (bicyclic) bond motifs is 5. The second kappa shape index (κ2) is 7.55. The Morgan fingerprint density at radius 1 is 0.552 bits per heavy atom. The molecule has 0 amide bonds. The summed E-state index contributed by atoms with van der Waals surface area (Å²) in [7, 11) is 0. The van der Waals surface area contributed by atoms with E-state index in [2.05, 4.69) is 74.5 Å². The van der Waals surface area contributed by atoms with Crippen LogP contribution in [0.25, 0.3) is 43.5 Å². The third-order valence-electron chi connectivity index (χ3n) is 6.15. The van der Waals surface area contributed by atoms with Gasteiger partial charge < -0.3 is 4.42 Å². The molecule has 0 radical (unpaired) electrons. The van der Waals surface area contributed by atoms with Gasteiger partial charge in [0, 0.05) is 10.8 Å². The van der Waals surface area contributed by atoms with Crippen LogP contribution in [-0.2, 0) is 12.8 Å². The van der Waals surface area contributed by atoms with Gasteiger partial charge in [0.25, 0.3) is 0 Å². The van der Waals surface area contributed by atoms with Crippen molar-refractivity contribution in [1.29, 1.82) is 0 Å². The number of furan rings is 1. The van der Waals surface area contributed by atoms with E-state index in [0.29, 0.717) is 0 Å². The van der Waals surface area contributed by atoms with Crippen molar-refractivity contribution >= 4 is 43.5 Å². The number of aryl methyl sites for hydroxylation is 2. The Bertz CT molecular complexity index is 1220. The molecule has 5 rings (SSSR count). The van der Waals surface area contributed by atoms with E-state index < -0.39 is 0 Å². The molecule has 1 heterocycles. The topological polar surface area (TPSA) is 13.1 Å². The van der Waals surface area contributed by atoms with Crippen LogP contribution < -0.4 is 0 Å². The molecule has 0 aliphatic rings. The zero-order valence-corrected chi connectivity index (χ0v) is 17.4. The van der Waals surface area contributed by atoms with E-state index in [0.717, 1.165) is 24.0 Å². The zero-order valence-electron chi connectivity index (χ0n) is 17.4. The number of rotatable bonds is 6. The quantitative estimate of drug-likeness (QED) is 0.287. The number of hydrogen-bond donors (Lipinski definition) is 0. The van der Waals surface area contributed by atoms with Crippen molar-refractivity contribution in [2.45, 2.75) is 52.4 Å². The molecule has 29 heavy (non-hydrogen) atoms. The van der Waals surface area contributed by atoms with Crippen molar-refractivity contribution in [1.82, 2.24) is 0 Å². The Balaban J connectivity index is 1.67. The van der Waals surface area contributed by atoms with Gasteiger partial charge in [0.05, 0.1) is 0 Å². The van der Waals surface area contributed by atoms with Gasteiger partial charge in [-0.3, -0.25) is 0 Å². The van der Waals surface area contributed by atoms with Crippen LogP contribution in [0.15, 0.2) is 65.1 Å². The molecular weight excluding hydrogens is 352 g/mol. The van der Waals surface area contributed by atoms with Crippen molar-refractivity contribution < 1.29 is 4.42 Å². The van der Waals surface area contributed by atoms with E-state index in [1.807, 2.05) is 0 Å². The minimum Gasteiger partial charge on any atom is -0.456 e. The fraction of sp³-hybridized carbons (Fsp3) is 0.286. The summed E-state index contributed by atoms with van der Waals surface area (Å²) in [5.41, 5.74) is 4.82. The van der Waals surface area contributed by atoms with Gasteiger partial charge in [0.2, 0.25) is 0 Å². The second-order valence-corrected chi connectivity index (χ2v) is 8.37. The first kappa shape index (κ1) is 18.2. The summed E-state index contributed by atoms with van der Waals surface area (Å²) >= 11 is 0. The predicted molar refractivity (Wildman–Crippen MR) is 126 cm³/mol. The normalized spacial score (nSPS) is 11.9. The maximum absolute atomic E-state index is 6.26. The van der Waals surface area contributed by atoms with Gasteiger partial charge in [-0.2, -0.15) is 0 Å². The Labute approximate surface area is 172 Å². The average Bonchev–Trinajstić information content (AvgIpc) is 3.09. The molecule has 0 fully saturated rings. The molecule has 0 bridgehead atoms. The maximum atomic E-state index is 6.26. The second-order valence-electron chi connectivity index (χ2n) is 8.37. The van der Waals surface area contributed by atoms with Crippen LogP contribution in [0.3, 0.4) is 0 Å². The summed E-state index contributed by atoms with van der Waals surface area (Å²) in [5.74, 6) is 0. The van der Waals surface area contributed by atoms with E-state index >= 15 is 0 Å². The van der Waals surface area contributed by atoms with Crippen molar-refractivity contribution in [2.75, 3.05) is 0 Å². The largest absolute Gasteiger partial charge is 0.456 e. The number of hydrogen-bond acceptors (Lipinski definition) is 1. The average molecular weight is 381 g/mol. The molecular formula is C28H28O. The van der Waals surface area contributed by atoms with Gasteiger partial charge >= 0.3 is 0 Å². The molecule has 0 saturated carbocycles. The van der Waals surface area contributed by atoms with E-state index in [-0.39, 0.29) is 0 Å². The van der Waals surface area contributed by atoms with Crippen molar-refractivity contribution in [3.8, 4) is 0 Å². The zero-order chi connectivity index (χ0) is 19.8. The molecule has 0 aliphatic heterocycles. The molecule has 1 heteroatoms. The first-order chi connectivity index (χ1) is 14.2. The van der Waals surface area contributed by atoms with Gasteiger partial charge in [-0.15, -0.1) is 0 Å². The number of benzene rings is 4. The van der Waals surface area contributed by atoms with Crippen LogP contribution in [0.2, 0.25) is 0 Å². The minimum atomic E-state index is 0.982. The summed E-state index contributed by atoms with van der Waals surface area (Å²) in [6, 6.07) is 22.7. The third kappa shape index (κ3) is 3.40. The minimum absolute atomic E-state index is 0.982. The molecule has 1 nitrogen and oxygen atoms in total. The summed E-state index contributed by atoms with van der Waals surface area (Å²) in [6.45, 7) is 4.50. The molecule has 0 atom stereocenters. The Kier molecular flexibility index (Phi) is 4.75. The molecule has 1 aromatic heterocycles. The lowest BCUT2D eigenvalue weighted by Gasteiger charge is -2.04. The van der Waals surface area contributed by atoms with Gasteiger partial charge in [-0.1, -0.05) is 63.1 Å². The van der Waals surface area contributed by atoms with Crippen LogP contribution in [0, 0.1) is 0 Å². The smallest absolute Gasteiger partial charge is 0.136 e. The molecule has 4 aromatic carbocycles. The lowest BCUT2D eigenvalue weighted by molar-refractivity contribution is 0.670. The van der Waals surface area contributed by atoms with Gasteiger partial charge in [0.15, 0.2) is 0 Å². The van der Waals surface area contributed by atoms with Crippen LogP contribution in [-0.4, -0.2) is 0 Å². The van der Waals surface area contributed by atoms with E-state index in [1.165, 1.54) is 69.1 Å². The van der Waals surface area contributed by atoms with E-state index in [9.17, 15) is 0 Å². The van der Waals surface area contributed by atoms with Crippen LogP contribution in [0.4, 0.5) is 0 Å². The first-order valence-electron chi connectivity index (χ1n) is 11.1.